The lowest BCUT2D eigenvalue weighted by Gasteiger charge is -2.28. The molecule has 0 radical (unpaired) electrons. The minimum Gasteiger partial charge on any atom is -0.488 e. The first-order chi connectivity index (χ1) is 15.9. The molecule has 0 N–H and O–H groups in total. The van der Waals surface area contributed by atoms with E-state index in [1.807, 2.05) is 67.9 Å². The van der Waals surface area contributed by atoms with Gasteiger partial charge in [-0.1, -0.05) is 17.7 Å². The second-order valence-corrected chi connectivity index (χ2v) is 9.22. The van der Waals surface area contributed by atoms with Gasteiger partial charge in [0.05, 0.1) is 10.9 Å². The number of rotatable bonds is 4. The van der Waals surface area contributed by atoms with Crippen LogP contribution in [0.1, 0.15) is 27.0 Å². The molecule has 2 aliphatic heterocycles. The second kappa shape index (κ2) is 7.63. The molecule has 1 aromatic carbocycles. The molecule has 0 saturated carbocycles. The molecule has 170 valence electrons. The Balaban J connectivity index is 1.31. The summed E-state index contributed by atoms with van der Waals surface area (Å²) in [6.45, 7) is 5.80. The van der Waals surface area contributed by atoms with Crippen LogP contribution in [0, 0.1) is 0 Å². The van der Waals surface area contributed by atoms with E-state index in [0.717, 1.165) is 22.0 Å². The molecular weight excluding hydrogens is 444 g/mol. The van der Waals surface area contributed by atoms with Crippen LogP contribution >= 0.6 is 11.6 Å². The van der Waals surface area contributed by atoms with Crippen LogP contribution < -0.4 is 4.74 Å². The normalized spacial score (nSPS) is 27.2. The van der Waals surface area contributed by atoms with E-state index in [1.54, 1.807) is 6.20 Å². The Morgan fingerprint density at radius 2 is 1.94 bits per heavy atom. The van der Waals surface area contributed by atoms with Crippen molar-refractivity contribution in [1.82, 2.24) is 19.5 Å². The first kappa shape index (κ1) is 20.8. The van der Waals surface area contributed by atoms with Crippen LogP contribution in [-0.2, 0) is 14.2 Å². The summed E-state index contributed by atoms with van der Waals surface area (Å²) in [7, 11) is 0. The van der Waals surface area contributed by atoms with Crippen molar-refractivity contribution in [2.24, 2.45) is 0 Å². The summed E-state index contributed by atoms with van der Waals surface area (Å²) in [5.74, 6) is -0.0148. The largest absolute Gasteiger partial charge is 0.488 e. The van der Waals surface area contributed by atoms with Gasteiger partial charge in [-0.2, -0.15) is 0 Å². The third kappa shape index (κ3) is 3.54. The van der Waals surface area contributed by atoms with E-state index in [4.69, 9.17) is 30.5 Å². The Hall–Kier alpha value is -2.78. The van der Waals surface area contributed by atoms with Gasteiger partial charge in [0.2, 0.25) is 0 Å². The van der Waals surface area contributed by atoms with E-state index >= 15 is 0 Å². The average Bonchev–Trinajstić information content (AvgIpc) is 3.45. The van der Waals surface area contributed by atoms with Gasteiger partial charge in [-0.25, -0.2) is 9.97 Å². The van der Waals surface area contributed by atoms with Gasteiger partial charge in [0.1, 0.15) is 47.3 Å². The van der Waals surface area contributed by atoms with Crippen molar-refractivity contribution >= 4 is 33.5 Å². The highest BCUT2D eigenvalue weighted by molar-refractivity contribution is 6.33. The molecule has 0 amide bonds. The number of aromatic nitrogens is 4. The molecule has 5 atom stereocenters. The molecule has 33 heavy (non-hydrogen) atoms. The zero-order valence-electron chi connectivity index (χ0n) is 18.4. The van der Waals surface area contributed by atoms with Crippen LogP contribution in [0.4, 0.5) is 0 Å². The molecule has 2 unspecified atom stereocenters. The maximum absolute atomic E-state index is 6.50. The van der Waals surface area contributed by atoms with Gasteiger partial charge < -0.3 is 23.5 Å². The van der Waals surface area contributed by atoms with E-state index in [2.05, 4.69) is 15.0 Å². The average molecular weight is 467 g/mol. The van der Waals surface area contributed by atoms with Gasteiger partial charge in [0, 0.05) is 23.8 Å². The molecule has 0 aliphatic carbocycles. The monoisotopic (exact) mass is 466 g/mol. The maximum Gasteiger partial charge on any atom is 0.165 e. The van der Waals surface area contributed by atoms with Crippen LogP contribution in [0.15, 0.2) is 55.1 Å². The number of benzene rings is 1. The van der Waals surface area contributed by atoms with Crippen LogP contribution in [0.5, 0.6) is 5.75 Å². The predicted octanol–water partition coefficient (Wildman–Crippen LogP) is 4.52. The first-order valence-electron chi connectivity index (χ1n) is 10.9. The highest BCUT2D eigenvalue weighted by atomic mass is 35.5. The molecule has 3 aromatic heterocycles. The quantitative estimate of drug-likeness (QED) is 0.409. The number of fused-ring (bicyclic) bond motifs is 3. The summed E-state index contributed by atoms with van der Waals surface area (Å²) in [6, 6.07) is 11.7. The Morgan fingerprint density at radius 1 is 1.09 bits per heavy atom. The Morgan fingerprint density at radius 3 is 2.82 bits per heavy atom. The van der Waals surface area contributed by atoms with Crippen LogP contribution in [-0.4, -0.2) is 49.7 Å². The smallest absolute Gasteiger partial charge is 0.165 e. The number of hydrogen-bond donors (Lipinski definition) is 0. The van der Waals surface area contributed by atoms with Crippen LogP contribution in [0.3, 0.4) is 0 Å². The van der Waals surface area contributed by atoms with Gasteiger partial charge >= 0.3 is 0 Å². The van der Waals surface area contributed by atoms with Gasteiger partial charge in [0.15, 0.2) is 12.0 Å². The predicted molar refractivity (Wildman–Crippen MR) is 122 cm³/mol. The lowest BCUT2D eigenvalue weighted by Crippen LogP contribution is -2.40. The van der Waals surface area contributed by atoms with Crippen molar-refractivity contribution in [1.29, 1.82) is 0 Å². The Labute approximate surface area is 195 Å². The lowest BCUT2D eigenvalue weighted by atomic mass is 10.1. The molecule has 9 heteroatoms. The molecule has 2 fully saturated rings. The van der Waals surface area contributed by atoms with E-state index in [0.29, 0.717) is 10.8 Å². The number of halogens is 1. The molecule has 4 aromatic rings. The summed E-state index contributed by atoms with van der Waals surface area (Å²) in [5.41, 5.74) is 1.56. The van der Waals surface area contributed by atoms with Gasteiger partial charge in [-0.05, 0) is 45.0 Å². The van der Waals surface area contributed by atoms with Crippen molar-refractivity contribution in [2.75, 3.05) is 0 Å². The highest BCUT2D eigenvalue weighted by Gasteiger charge is 2.57. The van der Waals surface area contributed by atoms with E-state index < -0.39 is 12.0 Å². The molecule has 2 saturated heterocycles. The zero-order chi connectivity index (χ0) is 22.7. The van der Waals surface area contributed by atoms with Crippen molar-refractivity contribution in [3.8, 4) is 5.75 Å². The molecule has 0 spiro atoms. The molecule has 6 rings (SSSR count). The minimum atomic E-state index is -0.738. The molecule has 2 aliphatic rings. The standard InChI is InChI=1S/C24H23ClN4O4/c1-13(30-15-7-6-14-5-4-9-26-17(14)11-15)18-19-20(33-24(2,3)32-19)23(31-18)29-10-8-16-21(25)27-12-28-22(16)29/h4-13,18-20,23H,1-3H3/t13?,18?,19-,20-,23-/m1/s1. The fourth-order valence-electron chi connectivity index (χ4n) is 4.76. The summed E-state index contributed by atoms with van der Waals surface area (Å²) >= 11 is 6.26. The molecule has 5 heterocycles. The van der Waals surface area contributed by atoms with Crippen molar-refractivity contribution in [3.05, 3.63) is 60.3 Å². The molecular formula is C24H23ClN4O4. The van der Waals surface area contributed by atoms with Gasteiger partial charge in [-0.15, -0.1) is 0 Å². The summed E-state index contributed by atoms with van der Waals surface area (Å²) in [5, 5.41) is 2.22. The van der Waals surface area contributed by atoms with Gasteiger partial charge in [0.25, 0.3) is 0 Å². The second-order valence-electron chi connectivity index (χ2n) is 8.86. The van der Waals surface area contributed by atoms with Crippen molar-refractivity contribution in [2.45, 2.75) is 57.2 Å². The number of pyridine rings is 1. The van der Waals surface area contributed by atoms with Crippen LogP contribution in [0.2, 0.25) is 5.15 Å². The third-order valence-corrected chi connectivity index (χ3v) is 6.46. The van der Waals surface area contributed by atoms with E-state index in [9.17, 15) is 0 Å². The number of ether oxygens (including phenoxy) is 4. The summed E-state index contributed by atoms with van der Waals surface area (Å²) in [6.07, 6.45) is 3.34. The fourth-order valence-corrected chi connectivity index (χ4v) is 4.95. The number of nitrogens with zero attached hydrogens (tertiary/aromatic N) is 4. The maximum atomic E-state index is 6.50. The summed E-state index contributed by atoms with van der Waals surface area (Å²) < 4.78 is 27.3. The van der Waals surface area contributed by atoms with E-state index in [1.165, 1.54) is 6.33 Å². The minimum absolute atomic E-state index is 0.304. The van der Waals surface area contributed by atoms with Crippen molar-refractivity contribution < 1.29 is 18.9 Å². The third-order valence-electron chi connectivity index (χ3n) is 6.16. The first-order valence-corrected chi connectivity index (χ1v) is 11.3. The Kier molecular flexibility index (Phi) is 4.81. The van der Waals surface area contributed by atoms with Crippen LogP contribution in [0.25, 0.3) is 21.9 Å². The van der Waals surface area contributed by atoms with E-state index in [-0.39, 0.29) is 24.4 Å². The lowest BCUT2D eigenvalue weighted by molar-refractivity contribution is -0.204. The van der Waals surface area contributed by atoms with Crippen molar-refractivity contribution in [3.63, 3.8) is 0 Å². The number of hydrogen-bond acceptors (Lipinski definition) is 7. The molecule has 0 bridgehead atoms. The zero-order valence-corrected chi connectivity index (χ0v) is 19.1. The summed E-state index contributed by atoms with van der Waals surface area (Å²) in [4.78, 5) is 12.9. The molecule has 8 nitrogen and oxygen atoms in total. The highest BCUT2D eigenvalue weighted by Crippen LogP contribution is 2.45. The topological polar surface area (TPSA) is 80.5 Å². The fraction of sp³-hybridized carbons (Fsp3) is 0.375. The Bertz CT molecular complexity index is 1340. The van der Waals surface area contributed by atoms with Gasteiger partial charge in [-0.3, -0.25) is 4.98 Å². The SMILES string of the molecule is CC(Oc1ccc2cccnc2c1)C1O[C@@H](n2ccc3c(Cl)ncnc32)[C@@H]2OC(C)(C)O[C@H]12.